The number of nitrogens with zero attached hydrogens (tertiary/aromatic N) is 4. The third-order valence-corrected chi connectivity index (χ3v) is 5.96. The summed E-state index contributed by atoms with van der Waals surface area (Å²) in [5.41, 5.74) is 7.13. The number of hydrogen-bond acceptors (Lipinski definition) is 6. The summed E-state index contributed by atoms with van der Waals surface area (Å²) in [7, 11) is 0. The van der Waals surface area contributed by atoms with Crippen molar-refractivity contribution in [3.8, 4) is 11.4 Å². The second-order valence-corrected chi connectivity index (χ2v) is 8.47. The van der Waals surface area contributed by atoms with Gasteiger partial charge < -0.3 is 20.1 Å². The Hall–Kier alpha value is -2.74. The molecule has 2 saturated heterocycles. The fourth-order valence-corrected chi connectivity index (χ4v) is 4.36. The first-order chi connectivity index (χ1) is 14.5. The Labute approximate surface area is 176 Å². The number of nitrogens with two attached hydrogens (primary N) is 1. The first kappa shape index (κ1) is 20.5. The van der Waals surface area contributed by atoms with Crippen LogP contribution in [0.2, 0.25) is 0 Å². The van der Waals surface area contributed by atoms with Gasteiger partial charge in [0, 0.05) is 44.1 Å². The van der Waals surface area contributed by atoms with E-state index in [4.69, 9.17) is 10.3 Å². The average Bonchev–Trinajstić information content (AvgIpc) is 3.40. The summed E-state index contributed by atoms with van der Waals surface area (Å²) in [5.74, 6) is 1.58. The number of likely N-dealkylation sites (tertiary alicyclic amines) is 2. The van der Waals surface area contributed by atoms with Crippen molar-refractivity contribution < 1.29 is 14.1 Å². The topological polar surface area (TPSA) is 106 Å². The minimum absolute atomic E-state index is 0.0260. The monoisotopic (exact) mass is 411 g/mol. The highest BCUT2D eigenvalue weighted by molar-refractivity contribution is 5.78. The molecule has 1 aromatic carbocycles. The zero-order chi connectivity index (χ0) is 21.1. The van der Waals surface area contributed by atoms with Crippen LogP contribution in [0.15, 0.2) is 34.9 Å². The van der Waals surface area contributed by atoms with Crippen LogP contribution in [-0.4, -0.2) is 57.4 Å². The highest BCUT2D eigenvalue weighted by Crippen LogP contribution is 2.32. The predicted octanol–water partition coefficient (Wildman–Crippen LogP) is 2.38. The van der Waals surface area contributed by atoms with Gasteiger partial charge in [-0.05, 0) is 25.2 Å². The molecule has 2 aliphatic rings. The maximum Gasteiger partial charge on any atom is 0.249 e. The van der Waals surface area contributed by atoms with Crippen LogP contribution in [0.5, 0.6) is 0 Å². The van der Waals surface area contributed by atoms with Crippen molar-refractivity contribution in [3.63, 3.8) is 0 Å². The summed E-state index contributed by atoms with van der Waals surface area (Å²) in [6, 6.07) is 9.03. The Balaban J connectivity index is 1.38. The third-order valence-electron chi connectivity index (χ3n) is 5.96. The summed E-state index contributed by atoms with van der Waals surface area (Å²) in [4.78, 5) is 33.2. The van der Waals surface area contributed by atoms with E-state index < -0.39 is 0 Å². The normalized spacial score (nSPS) is 23.1. The minimum atomic E-state index is -0.379. The molecule has 3 atom stereocenters. The molecule has 1 aromatic heterocycles. The minimum Gasteiger partial charge on any atom is -0.341 e. The number of carbonyl (C=O) groups is 2. The quantitative estimate of drug-likeness (QED) is 0.782. The number of piperidine rings is 1. The Morgan fingerprint density at radius 2 is 2.10 bits per heavy atom. The van der Waals surface area contributed by atoms with E-state index in [9.17, 15) is 9.59 Å². The van der Waals surface area contributed by atoms with Crippen molar-refractivity contribution in [2.75, 3.05) is 19.6 Å². The van der Waals surface area contributed by atoms with Crippen LogP contribution in [-0.2, 0) is 9.59 Å². The van der Waals surface area contributed by atoms with Crippen LogP contribution < -0.4 is 5.73 Å². The second kappa shape index (κ2) is 8.95. The fraction of sp³-hybridized carbons (Fsp3) is 0.545. The number of rotatable bonds is 6. The first-order valence-electron chi connectivity index (χ1n) is 10.7. The molecule has 0 bridgehead atoms. The lowest BCUT2D eigenvalue weighted by Crippen LogP contribution is -2.47. The smallest absolute Gasteiger partial charge is 0.249 e. The van der Waals surface area contributed by atoms with Crippen molar-refractivity contribution in [2.45, 2.75) is 51.1 Å². The van der Waals surface area contributed by atoms with Crippen LogP contribution >= 0.6 is 0 Å². The first-order valence-corrected chi connectivity index (χ1v) is 10.7. The second-order valence-electron chi connectivity index (χ2n) is 8.47. The van der Waals surface area contributed by atoms with Gasteiger partial charge in [-0.25, -0.2) is 0 Å². The molecule has 8 nitrogen and oxygen atoms in total. The van der Waals surface area contributed by atoms with Crippen molar-refractivity contribution in [3.05, 3.63) is 36.2 Å². The molecule has 0 spiro atoms. The Morgan fingerprint density at radius 1 is 1.30 bits per heavy atom. The van der Waals surface area contributed by atoms with E-state index in [1.807, 2.05) is 30.3 Å². The van der Waals surface area contributed by atoms with Crippen LogP contribution in [0, 0.1) is 5.92 Å². The van der Waals surface area contributed by atoms with E-state index in [0.717, 1.165) is 31.4 Å². The average molecular weight is 412 g/mol. The van der Waals surface area contributed by atoms with Crippen LogP contribution in [0.4, 0.5) is 0 Å². The van der Waals surface area contributed by atoms with Gasteiger partial charge in [0.25, 0.3) is 0 Å². The van der Waals surface area contributed by atoms with Gasteiger partial charge in [-0.2, -0.15) is 4.98 Å². The number of benzene rings is 1. The molecule has 2 aliphatic heterocycles. The van der Waals surface area contributed by atoms with Crippen LogP contribution in [0.3, 0.4) is 0 Å². The molecule has 160 valence electrons. The van der Waals surface area contributed by atoms with Crippen molar-refractivity contribution in [1.29, 1.82) is 0 Å². The molecule has 2 aromatic rings. The van der Waals surface area contributed by atoms with Crippen LogP contribution in [0.1, 0.15) is 51.0 Å². The van der Waals surface area contributed by atoms with Gasteiger partial charge in [-0.15, -0.1) is 0 Å². The number of aromatic nitrogens is 2. The van der Waals surface area contributed by atoms with Gasteiger partial charge in [0.05, 0.1) is 0 Å². The van der Waals surface area contributed by atoms with Gasteiger partial charge in [-0.1, -0.05) is 42.4 Å². The van der Waals surface area contributed by atoms with E-state index in [1.54, 1.807) is 9.80 Å². The summed E-state index contributed by atoms with van der Waals surface area (Å²) in [6.45, 7) is 3.93. The van der Waals surface area contributed by atoms with Crippen LogP contribution in [0.25, 0.3) is 11.4 Å². The molecule has 0 saturated carbocycles. The van der Waals surface area contributed by atoms with E-state index in [-0.39, 0.29) is 30.3 Å². The highest BCUT2D eigenvalue weighted by Gasteiger charge is 2.35. The Morgan fingerprint density at radius 3 is 2.90 bits per heavy atom. The molecule has 3 heterocycles. The standard InChI is InChI=1S/C22H29N5O3/c1-15-9-10-19(28)26(13-15)14-17(23)12-20(29)27-11-5-8-18(27)22-24-21(25-30-22)16-6-3-2-4-7-16/h2-4,6-7,15,17-18H,5,8-14,23H2,1H3/t15-,17-,18+/m1/s1. The number of amides is 2. The SMILES string of the molecule is C[C@@H]1CCC(=O)N(C[C@H](N)CC(=O)N2CCC[C@H]2c2nc(-c3ccccc3)no2)C1. The van der Waals surface area contributed by atoms with Gasteiger partial charge in [0.15, 0.2) is 0 Å². The molecule has 0 aliphatic carbocycles. The summed E-state index contributed by atoms with van der Waals surface area (Å²) in [5, 5.41) is 4.09. The lowest BCUT2D eigenvalue weighted by molar-refractivity contribution is -0.137. The fourth-order valence-electron chi connectivity index (χ4n) is 4.36. The molecule has 30 heavy (non-hydrogen) atoms. The van der Waals surface area contributed by atoms with E-state index in [1.165, 1.54) is 0 Å². The zero-order valence-electron chi connectivity index (χ0n) is 17.4. The maximum absolute atomic E-state index is 13.0. The maximum atomic E-state index is 13.0. The molecule has 2 amide bonds. The van der Waals surface area contributed by atoms with Gasteiger partial charge >= 0.3 is 0 Å². The highest BCUT2D eigenvalue weighted by atomic mass is 16.5. The Kier molecular flexibility index (Phi) is 6.13. The molecule has 8 heteroatoms. The zero-order valence-corrected chi connectivity index (χ0v) is 17.4. The van der Waals surface area contributed by atoms with E-state index >= 15 is 0 Å². The van der Waals surface area contributed by atoms with Crippen molar-refractivity contribution >= 4 is 11.8 Å². The van der Waals surface area contributed by atoms with E-state index in [0.29, 0.717) is 37.1 Å². The molecular weight excluding hydrogens is 382 g/mol. The van der Waals surface area contributed by atoms with Gasteiger partial charge in [0.2, 0.25) is 23.5 Å². The number of hydrogen-bond donors (Lipinski definition) is 1. The molecule has 4 rings (SSSR count). The third kappa shape index (κ3) is 4.53. The predicted molar refractivity (Wildman–Crippen MR) is 111 cm³/mol. The molecule has 0 radical (unpaired) electrons. The van der Waals surface area contributed by atoms with Crippen molar-refractivity contribution in [2.24, 2.45) is 11.7 Å². The lowest BCUT2D eigenvalue weighted by Gasteiger charge is -2.33. The molecule has 0 unspecified atom stereocenters. The lowest BCUT2D eigenvalue weighted by atomic mass is 9.99. The van der Waals surface area contributed by atoms with Crippen molar-refractivity contribution in [1.82, 2.24) is 19.9 Å². The molecule has 2 N–H and O–H groups in total. The van der Waals surface area contributed by atoms with Gasteiger partial charge in [0.1, 0.15) is 6.04 Å². The summed E-state index contributed by atoms with van der Waals surface area (Å²) >= 11 is 0. The summed E-state index contributed by atoms with van der Waals surface area (Å²) in [6.07, 6.45) is 3.37. The van der Waals surface area contributed by atoms with Gasteiger partial charge in [-0.3, -0.25) is 9.59 Å². The largest absolute Gasteiger partial charge is 0.341 e. The summed E-state index contributed by atoms with van der Waals surface area (Å²) < 4.78 is 5.50. The molecule has 2 fully saturated rings. The number of carbonyl (C=O) groups excluding carboxylic acids is 2. The van der Waals surface area contributed by atoms with E-state index in [2.05, 4.69) is 17.1 Å². The molecular formula is C22H29N5O3. The Bertz CT molecular complexity index is 884.